The highest BCUT2D eigenvalue weighted by atomic mass is 19.1. The highest BCUT2D eigenvalue weighted by Crippen LogP contribution is 2.32. The van der Waals surface area contributed by atoms with Crippen LogP contribution in [0.4, 0.5) is 8.78 Å². The average Bonchev–Trinajstić information content (AvgIpc) is 2.88. The van der Waals surface area contributed by atoms with Gasteiger partial charge in [-0.1, -0.05) is 12.1 Å². The second-order valence-electron chi connectivity index (χ2n) is 8.85. The molecule has 2 aliphatic rings. The molecule has 0 spiro atoms. The quantitative estimate of drug-likeness (QED) is 0.508. The van der Waals surface area contributed by atoms with E-state index in [2.05, 4.69) is 0 Å². The molecule has 0 unspecified atom stereocenters. The van der Waals surface area contributed by atoms with Crippen LogP contribution >= 0.6 is 0 Å². The molecule has 0 atom stereocenters. The predicted octanol–water partition coefficient (Wildman–Crippen LogP) is 2.60. The lowest BCUT2D eigenvalue weighted by atomic mass is 10.0. The number of ketones is 1. The minimum Gasteiger partial charge on any atom is -0.502 e. The van der Waals surface area contributed by atoms with Crippen molar-refractivity contribution in [2.75, 3.05) is 31.9 Å². The maximum absolute atomic E-state index is 13.9. The van der Waals surface area contributed by atoms with Crippen LogP contribution in [0.5, 0.6) is 17.2 Å². The molecular formula is C26H23F2N3O6. The van der Waals surface area contributed by atoms with Gasteiger partial charge in [-0.05, 0) is 35.7 Å². The number of amides is 1. The van der Waals surface area contributed by atoms with E-state index in [0.717, 1.165) is 17.7 Å². The average molecular weight is 511 g/mol. The molecular weight excluding hydrogens is 488 g/mol. The summed E-state index contributed by atoms with van der Waals surface area (Å²) in [5.41, 5.74) is -0.694. The smallest absolute Gasteiger partial charge is 0.278 e. The summed E-state index contributed by atoms with van der Waals surface area (Å²) in [6.45, 7) is 1.17. The first-order chi connectivity index (χ1) is 17.7. The Morgan fingerprint density at radius 2 is 1.81 bits per heavy atom. The number of halogens is 2. The zero-order valence-electron chi connectivity index (χ0n) is 19.9. The Labute approximate surface area is 210 Å². The van der Waals surface area contributed by atoms with E-state index < -0.39 is 34.5 Å². The van der Waals surface area contributed by atoms with Crippen LogP contribution in [0, 0.1) is 11.6 Å². The van der Waals surface area contributed by atoms with Crippen molar-refractivity contribution in [3.8, 4) is 17.2 Å². The lowest BCUT2D eigenvalue weighted by molar-refractivity contribution is 0.0678. The van der Waals surface area contributed by atoms with Crippen LogP contribution in [0.1, 0.15) is 38.4 Å². The largest absolute Gasteiger partial charge is 0.502 e. The number of nitrogens with zero attached hydrogens (tertiary/aromatic N) is 3. The third-order valence-electron chi connectivity index (χ3n) is 6.31. The van der Waals surface area contributed by atoms with Crippen LogP contribution in [0.15, 0.2) is 47.4 Å². The number of hydrogen-bond acceptors (Lipinski definition) is 7. The third kappa shape index (κ3) is 4.59. The summed E-state index contributed by atoms with van der Waals surface area (Å²) in [6.07, 6.45) is 0.898. The predicted molar refractivity (Wildman–Crippen MR) is 128 cm³/mol. The lowest BCUT2D eigenvalue weighted by Crippen LogP contribution is -2.52. The number of Topliss-reactive ketones (excluding diaryl/α,β-unsaturated/α-hetero) is 1. The van der Waals surface area contributed by atoms with Gasteiger partial charge < -0.3 is 19.5 Å². The number of benzene rings is 2. The highest BCUT2D eigenvalue weighted by Gasteiger charge is 2.33. The van der Waals surface area contributed by atoms with Crippen molar-refractivity contribution in [1.82, 2.24) is 9.58 Å². The fraction of sp³-hybridized carbons (Fsp3) is 0.269. The lowest BCUT2D eigenvalue weighted by Gasteiger charge is -2.37. The molecule has 0 bridgehead atoms. The first-order valence-corrected chi connectivity index (χ1v) is 11.6. The molecule has 9 nitrogen and oxygen atoms in total. The Hall–Kier alpha value is -4.41. The third-order valence-corrected chi connectivity index (χ3v) is 6.31. The van der Waals surface area contributed by atoms with E-state index in [-0.39, 0.29) is 42.9 Å². The topological polar surface area (TPSA) is 101 Å². The number of aryl methyl sites for hydroxylation is 1. The fourth-order valence-electron chi connectivity index (χ4n) is 4.42. The molecule has 0 saturated carbocycles. The number of carbonyl (C=O) groups is 2. The summed E-state index contributed by atoms with van der Waals surface area (Å²) >= 11 is 0. The highest BCUT2D eigenvalue weighted by molar-refractivity contribution is 6.00. The van der Waals surface area contributed by atoms with E-state index in [1.807, 2.05) is 0 Å². The SMILES string of the molecule is CN1CN(Cc2ccc3c(c2)OCCO3)C(=O)c2c(O)c(=O)c(C(=O)CCc3ccc(F)cc3F)cn21. The molecule has 0 aliphatic carbocycles. The summed E-state index contributed by atoms with van der Waals surface area (Å²) in [4.78, 5) is 40.4. The number of aromatic hydroxyl groups is 1. The number of carbonyl (C=O) groups excluding carboxylic acids is 2. The number of rotatable bonds is 6. The zero-order valence-corrected chi connectivity index (χ0v) is 19.9. The van der Waals surface area contributed by atoms with Gasteiger partial charge in [-0.3, -0.25) is 24.1 Å². The molecule has 2 aliphatic heterocycles. The molecule has 3 aromatic rings. The van der Waals surface area contributed by atoms with Crippen LogP contribution in [-0.2, 0) is 13.0 Å². The summed E-state index contributed by atoms with van der Waals surface area (Å²) in [6, 6.07) is 8.37. The molecule has 1 aromatic heterocycles. The van der Waals surface area contributed by atoms with E-state index in [9.17, 15) is 28.3 Å². The Morgan fingerprint density at radius 1 is 1.05 bits per heavy atom. The monoisotopic (exact) mass is 511 g/mol. The van der Waals surface area contributed by atoms with Gasteiger partial charge in [0.25, 0.3) is 5.91 Å². The molecule has 0 radical (unpaired) electrons. The van der Waals surface area contributed by atoms with E-state index in [1.165, 1.54) is 21.8 Å². The van der Waals surface area contributed by atoms with Crippen molar-refractivity contribution in [3.63, 3.8) is 0 Å². The maximum Gasteiger partial charge on any atom is 0.278 e. The first-order valence-electron chi connectivity index (χ1n) is 11.6. The molecule has 3 heterocycles. The molecule has 0 saturated heterocycles. The van der Waals surface area contributed by atoms with Gasteiger partial charge in [-0.15, -0.1) is 0 Å². The van der Waals surface area contributed by atoms with Crippen molar-refractivity contribution in [1.29, 1.82) is 0 Å². The number of hydrogen-bond donors (Lipinski definition) is 1. The van der Waals surface area contributed by atoms with E-state index in [0.29, 0.717) is 24.7 Å². The Balaban J connectivity index is 1.38. The summed E-state index contributed by atoms with van der Waals surface area (Å²) in [5, 5.41) is 12.2. The minimum atomic E-state index is -0.987. The molecule has 1 N–H and O–H groups in total. The summed E-state index contributed by atoms with van der Waals surface area (Å²) in [5.74, 6) is -2.41. The number of ether oxygens (including phenoxy) is 2. The Morgan fingerprint density at radius 3 is 2.57 bits per heavy atom. The molecule has 1 amide bonds. The second kappa shape index (κ2) is 9.57. The second-order valence-corrected chi connectivity index (χ2v) is 8.85. The van der Waals surface area contributed by atoms with E-state index >= 15 is 0 Å². The van der Waals surface area contributed by atoms with Crippen LogP contribution in [-0.4, -0.2) is 53.3 Å². The first kappa shape index (κ1) is 24.3. The standard InChI is InChI=1S/C26H23F2N3O6/c1-29-14-30(12-15-2-7-21-22(10-15)37-9-8-36-21)26(35)23-25(34)24(33)18(13-31(23)29)20(32)6-4-16-3-5-17(27)11-19(16)28/h2-3,5,7,10-11,13,34H,4,6,8-9,12,14H2,1H3. The van der Waals surface area contributed by atoms with E-state index in [4.69, 9.17) is 9.47 Å². The van der Waals surface area contributed by atoms with Gasteiger partial charge in [0, 0.05) is 32.3 Å². The molecule has 2 aromatic carbocycles. The van der Waals surface area contributed by atoms with Crippen LogP contribution in [0.3, 0.4) is 0 Å². The van der Waals surface area contributed by atoms with Gasteiger partial charge >= 0.3 is 0 Å². The van der Waals surface area contributed by atoms with Crippen LogP contribution < -0.4 is 19.9 Å². The van der Waals surface area contributed by atoms with Crippen molar-refractivity contribution < 1.29 is 33.0 Å². The number of pyridine rings is 1. The molecule has 0 fully saturated rings. The van der Waals surface area contributed by atoms with Gasteiger partial charge in [0.05, 0.1) is 5.56 Å². The Kier molecular flexibility index (Phi) is 6.28. The van der Waals surface area contributed by atoms with Gasteiger partial charge in [-0.25, -0.2) is 8.78 Å². The van der Waals surface area contributed by atoms with Crippen molar-refractivity contribution in [2.24, 2.45) is 0 Å². The van der Waals surface area contributed by atoms with Gasteiger partial charge in [0.1, 0.15) is 31.5 Å². The molecule has 5 rings (SSSR count). The molecule has 192 valence electrons. The van der Waals surface area contributed by atoms with Crippen molar-refractivity contribution >= 4 is 11.7 Å². The number of aromatic nitrogens is 1. The number of fused-ring (bicyclic) bond motifs is 2. The van der Waals surface area contributed by atoms with Crippen LogP contribution in [0.25, 0.3) is 0 Å². The fourth-order valence-corrected chi connectivity index (χ4v) is 4.42. The molecule has 11 heteroatoms. The minimum absolute atomic E-state index is 0.0645. The van der Waals surface area contributed by atoms with Gasteiger partial charge in [0.15, 0.2) is 28.7 Å². The summed E-state index contributed by atoms with van der Waals surface area (Å²) < 4.78 is 39.4. The Bertz CT molecular complexity index is 1470. The van der Waals surface area contributed by atoms with Gasteiger partial charge in [-0.2, -0.15) is 0 Å². The molecule has 37 heavy (non-hydrogen) atoms. The van der Waals surface area contributed by atoms with E-state index in [1.54, 1.807) is 30.3 Å². The van der Waals surface area contributed by atoms with Crippen LogP contribution in [0.2, 0.25) is 0 Å². The van der Waals surface area contributed by atoms with Crippen molar-refractivity contribution in [3.05, 3.63) is 86.8 Å². The van der Waals surface area contributed by atoms with Gasteiger partial charge in [0.2, 0.25) is 5.43 Å². The van der Waals surface area contributed by atoms with Crippen molar-refractivity contribution in [2.45, 2.75) is 19.4 Å². The normalized spacial score (nSPS) is 14.5. The zero-order chi connectivity index (χ0) is 26.3. The summed E-state index contributed by atoms with van der Waals surface area (Å²) in [7, 11) is 1.64. The maximum atomic E-state index is 13.9.